The van der Waals surface area contributed by atoms with Gasteiger partial charge in [-0.15, -0.1) is 0 Å². The summed E-state index contributed by atoms with van der Waals surface area (Å²) in [5.74, 6) is 1.41. The van der Waals surface area contributed by atoms with E-state index in [9.17, 15) is 9.59 Å². The second-order valence-electron chi connectivity index (χ2n) is 7.89. The molecule has 3 aromatic heterocycles. The lowest BCUT2D eigenvalue weighted by Gasteiger charge is -2.35. The first-order valence-electron chi connectivity index (χ1n) is 10.6. The fourth-order valence-corrected chi connectivity index (χ4v) is 3.95. The number of hydrogen-bond donors (Lipinski definition) is 1. The van der Waals surface area contributed by atoms with Crippen molar-refractivity contribution in [3.8, 4) is 0 Å². The lowest BCUT2D eigenvalue weighted by Crippen LogP contribution is -2.49. The average molecular weight is 445 g/mol. The van der Waals surface area contributed by atoms with E-state index in [4.69, 9.17) is 4.42 Å². The average Bonchev–Trinajstić information content (AvgIpc) is 3.50. The minimum absolute atomic E-state index is 0.0380. The number of amides is 2. The highest BCUT2D eigenvalue weighted by Crippen LogP contribution is 2.25. The molecule has 0 unspecified atom stereocenters. The normalized spacial score (nSPS) is 14.0. The van der Waals surface area contributed by atoms with Gasteiger partial charge in [-0.2, -0.15) is 5.10 Å². The molecule has 0 saturated carbocycles. The highest BCUT2D eigenvalue weighted by molar-refractivity contribution is 6.02. The van der Waals surface area contributed by atoms with Crippen molar-refractivity contribution in [3.63, 3.8) is 0 Å². The standard InChI is InChI=1S/C23H23N7O3/c1-15-25-20-18(14-24-28(20)2)21(26-15)29-9-11-30(12-10-29)23(32)16-5-7-17(8-6-16)27-22(31)19-4-3-13-33-19/h3-8,13-14H,9-12H2,1-2H3,(H,27,31). The zero-order chi connectivity index (χ0) is 22.9. The smallest absolute Gasteiger partial charge is 0.291 e. The molecule has 33 heavy (non-hydrogen) atoms. The van der Waals surface area contributed by atoms with Crippen LogP contribution >= 0.6 is 0 Å². The van der Waals surface area contributed by atoms with Crippen LogP contribution in [0.3, 0.4) is 0 Å². The summed E-state index contributed by atoms with van der Waals surface area (Å²) in [4.78, 5) is 38.2. The van der Waals surface area contributed by atoms with Gasteiger partial charge < -0.3 is 19.5 Å². The second kappa shape index (κ2) is 8.38. The van der Waals surface area contributed by atoms with Crippen LogP contribution in [0.2, 0.25) is 0 Å². The molecule has 5 rings (SSSR count). The van der Waals surface area contributed by atoms with Crippen molar-refractivity contribution >= 4 is 34.4 Å². The maximum absolute atomic E-state index is 13.0. The van der Waals surface area contributed by atoms with E-state index in [2.05, 4.69) is 25.3 Å². The first-order chi connectivity index (χ1) is 16.0. The van der Waals surface area contributed by atoms with Crippen LogP contribution in [0.15, 0.2) is 53.3 Å². The molecule has 0 spiro atoms. The minimum atomic E-state index is -0.335. The number of carbonyl (C=O) groups excluding carboxylic acids is 2. The Kier molecular flexibility index (Phi) is 5.25. The molecule has 168 valence electrons. The van der Waals surface area contributed by atoms with Crippen molar-refractivity contribution in [2.45, 2.75) is 6.92 Å². The van der Waals surface area contributed by atoms with E-state index >= 15 is 0 Å². The summed E-state index contributed by atoms with van der Waals surface area (Å²) in [5.41, 5.74) is 1.97. The Labute approximate surface area is 189 Å². The molecule has 0 aliphatic carbocycles. The SMILES string of the molecule is Cc1nc(N2CCN(C(=O)c3ccc(NC(=O)c4ccco4)cc3)CC2)c2cnn(C)c2n1. The number of aryl methyl sites for hydroxylation is 2. The summed E-state index contributed by atoms with van der Waals surface area (Å²) in [6.45, 7) is 4.38. The molecule has 1 aromatic carbocycles. The monoisotopic (exact) mass is 445 g/mol. The van der Waals surface area contributed by atoms with E-state index in [-0.39, 0.29) is 17.6 Å². The molecule has 4 heterocycles. The number of furan rings is 1. The van der Waals surface area contributed by atoms with Crippen molar-refractivity contribution in [3.05, 3.63) is 66.0 Å². The Bertz CT molecular complexity index is 1300. The topological polar surface area (TPSA) is 109 Å². The molecular weight excluding hydrogens is 422 g/mol. The Balaban J connectivity index is 1.23. The molecule has 1 saturated heterocycles. The predicted octanol–water partition coefficient (Wildman–Crippen LogP) is 2.48. The third kappa shape index (κ3) is 4.02. The molecule has 0 radical (unpaired) electrons. The largest absolute Gasteiger partial charge is 0.459 e. The molecule has 4 aromatic rings. The van der Waals surface area contributed by atoms with E-state index in [0.29, 0.717) is 43.3 Å². The highest BCUT2D eigenvalue weighted by atomic mass is 16.3. The van der Waals surface area contributed by atoms with Crippen molar-refractivity contribution in [1.82, 2.24) is 24.6 Å². The van der Waals surface area contributed by atoms with Crippen LogP contribution in [0.5, 0.6) is 0 Å². The van der Waals surface area contributed by atoms with Crippen molar-refractivity contribution < 1.29 is 14.0 Å². The number of anilines is 2. The maximum Gasteiger partial charge on any atom is 0.291 e. The summed E-state index contributed by atoms with van der Waals surface area (Å²) < 4.78 is 6.84. The third-order valence-corrected chi connectivity index (χ3v) is 5.68. The Morgan fingerprint density at radius 1 is 1.03 bits per heavy atom. The lowest BCUT2D eigenvalue weighted by molar-refractivity contribution is 0.0746. The highest BCUT2D eigenvalue weighted by Gasteiger charge is 2.25. The van der Waals surface area contributed by atoms with Gasteiger partial charge in [0.2, 0.25) is 0 Å². The van der Waals surface area contributed by atoms with Gasteiger partial charge in [-0.25, -0.2) is 9.97 Å². The second-order valence-corrected chi connectivity index (χ2v) is 7.89. The minimum Gasteiger partial charge on any atom is -0.459 e. The van der Waals surface area contributed by atoms with Gasteiger partial charge >= 0.3 is 0 Å². The number of benzene rings is 1. The Hall–Kier alpha value is -4.21. The number of piperazine rings is 1. The van der Waals surface area contributed by atoms with Crippen LogP contribution in [0.1, 0.15) is 26.7 Å². The van der Waals surface area contributed by atoms with Crippen LogP contribution in [0.4, 0.5) is 11.5 Å². The van der Waals surface area contributed by atoms with Crippen LogP contribution in [-0.2, 0) is 7.05 Å². The van der Waals surface area contributed by atoms with Gasteiger partial charge in [0.1, 0.15) is 11.6 Å². The van der Waals surface area contributed by atoms with Gasteiger partial charge in [-0.3, -0.25) is 14.3 Å². The van der Waals surface area contributed by atoms with Gasteiger partial charge in [0.25, 0.3) is 11.8 Å². The molecule has 1 N–H and O–H groups in total. The number of hydrogen-bond acceptors (Lipinski definition) is 7. The molecule has 2 amide bonds. The molecule has 10 nitrogen and oxygen atoms in total. The summed E-state index contributed by atoms with van der Waals surface area (Å²) in [5, 5.41) is 7.97. The molecule has 10 heteroatoms. The van der Waals surface area contributed by atoms with Gasteiger partial charge in [-0.1, -0.05) is 0 Å². The Morgan fingerprint density at radius 3 is 2.48 bits per heavy atom. The van der Waals surface area contributed by atoms with Crippen LogP contribution < -0.4 is 10.2 Å². The number of nitrogens with zero attached hydrogens (tertiary/aromatic N) is 6. The summed E-state index contributed by atoms with van der Waals surface area (Å²) in [6, 6.07) is 10.1. The summed E-state index contributed by atoms with van der Waals surface area (Å²) in [6.07, 6.45) is 3.23. The van der Waals surface area contributed by atoms with E-state index in [0.717, 1.165) is 16.9 Å². The molecule has 0 bridgehead atoms. The van der Waals surface area contributed by atoms with Crippen LogP contribution in [0.25, 0.3) is 11.0 Å². The first kappa shape index (κ1) is 20.7. The Morgan fingerprint density at radius 2 is 1.79 bits per heavy atom. The van der Waals surface area contributed by atoms with Crippen LogP contribution in [0, 0.1) is 6.92 Å². The van der Waals surface area contributed by atoms with Crippen molar-refractivity contribution in [2.75, 3.05) is 36.4 Å². The molecule has 1 fully saturated rings. The number of aromatic nitrogens is 4. The zero-order valence-electron chi connectivity index (χ0n) is 18.4. The quantitative estimate of drug-likeness (QED) is 0.514. The van der Waals surface area contributed by atoms with Gasteiger partial charge in [0.15, 0.2) is 11.4 Å². The van der Waals surface area contributed by atoms with Gasteiger partial charge in [0.05, 0.1) is 17.8 Å². The molecule has 0 atom stereocenters. The van der Waals surface area contributed by atoms with Gasteiger partial charge in [0, 0.05) is 44.5 Å². The van der Waals surface area contributed by atoms with E-state index in [1.165, 1.54) is 6.26 Å². The first-order valence-corrected chi connectivity index (χ1v) is 10.6. The number of nitrogens with one attached hydrogen (secondary N) is 1. The van der Waals surface area contributed by atoms with Crippen molar-refractivity contribution in [2.24, 2.45) is 7.05 Å². The number of rotatable bonds is 4. The summed E-state index contributed by atoms with van der Waals surface area (Å²) in [7, 11) is 1.86. The summed E-state index contributed by atoms with van der Waals surface area (Å²) >= 11 is 0. The van der Waals surface area contributed by atoms with E-state index in [1.807, 2.05) is 18.9 Å². The number of fused-ring (bicyclic) bond motifs is 1. The fraction of sp³-hybridized carbons (Fsp3) is 0.261. The van der Waals surface area contributed by atoms with Crippen LogP contribution in [-0.4, -0.2) is 62.6 Å². The fourth-order valence-electron chi connectivity index (χ4n) is 3.95. The predicted molar refractivity (Wildman–Crippen MR) is 122 cm³/mol. The molecule has 1 aliphatic heterocycles. The van der Waals surface area contributed by atoms with Gasteiger partial charge in [-0.05, 0) is 43.3 Å². The zero-order valence-corrected chi connectivity index (χ0v) is 18.4. The third-order valence-electron chi connectivity index (χ3n) is 5.68. The number of carbonyl (C=O) groups is 2. The van der Waals surface area contributed by atoms with E-state index in [1.54, 1.807) is 47.3 Å². The lowest BCUT2D eigenvalue weighted by atomic mass is 10.1. The van der Waals surface area contributed by atoms with E-state index < -0.39 is 0 Å². The van der Waals surface area contributed by atoms with Crippen molar-refractivity contribution in [1.29, 1.82) is 0 Å². The maximum atomic E-state index is 13.0. The molecule has 1 aliphatic rings. The molecular formula is C23H23N7O3.